The molecule has 2 aromatic heterocycles. The largest absolute Gasteiger partial charge is 0.383 e. The summed E-state index contributed by atoms with van der Waals surface area (Å²) in [6, 6.07) is 3.71. The van der Waals surface area contributed by atoms with Gasteiger partial charge in [-0.05, 0) is 11.6 Å². The van der Waals surface area contributed by atoms with Gasteiger partial charge in [0.2, 0.25) is 0 Å². The summed E-state index contributed by atoms with van der Waals surface area (Å²) in [6.07, 6.45) is 3.39. The number of amides is 1. The van der Waals surface area contributed by atoms with E-state index in [0.29, 0.717) is 29.7 Å². The van der Waals surface area contributed by atoms with Crippen LogP contribution in [-0.4, -0.2) is 36.1 Å². The summed E-state index contributed by atoms with van der Waals surface area (Å²) in [6.45, 7) is 1.57. The molecule has 112 valence electrons. The molecular weight excluding hydrogens is 290 g/mol. The molecule has 1 amide bonds. The minimum atomic E-state index is -0.242. The highest BCUT2D eigenvalue weighted by atomic mass is 32.1. The van der Waals surface area contributed by atoms with Gasteiger partial charge in [0.15, 0.2) is 5.13 Å². The summed E-state index contributed by atoms with van der Waals surface area (Å²) < 4.78 is 4.93. The van der Waals surface area contributed by atoms with Crippen LogP contribution < -0.4 is 16.4 Å². The highest BCUT2D eigenvalue weighted by molar-refractivity contribution is 7.18. The minimum Gasteiger partial charge on any atom is -0.383 e. The second kappa shape index (κ2) is 7.55. The molecule has 0 saturated carbocycles. The standard InChI is InChI=1S/C13H17N5O2S/c1-20-6-5-16-13-18-11(14)10(21-13)12(19)17-8-9-3-2-4-15-7-9/h2-4,7H,5-6,8,14H2,1H3,(H,16,18)(H,17,19). The quantitative estimate of drug-likeness (QED) is 0.662. The summed E-state index contributed by atoms with van der Waals surface area (Å²) in [5, 5.41) is 6.45. The molecule has 2 aromatic rings. The molecule has 0 saturated heterocycles. The Bertz CT molecular complexity index is 588. The molecule has 4 N–H and O–H groups in total. The third-order valence-electron chi connectivity index (χ3n) is 2.62. The predicted octanol–water partition coefficient (Wildman–Crippen LogP) is 1.11. The molecule has 0 atom stereocenters. The van der Waals surface area contributed by atoms with E-state index in [0.717, 1.165) is 5.56 Å². The fraction of sp³-hybridized carbons (Fsp3) is 0.308. The maximum Gasteiger partial charge on any atom is 0.265 e. The first-order valence-electron chi connectivity index (χ1n) is 6.37. The fourth-order valence-corrected chi connectivity index (χ4v) is 2.42. The van der Waals surface area contributed by atoms with E-state index in [2.05, 4.69) is 20.6 Å². The summed E-state index contributed by atoms with van der Waals surface area (Å²) in [7, 11) is 1.62. The van der Waals surface area contributed by atoms with Crippen LogP contribution in [0.3, 0.4) is 0 Å². The molecule has 2 rings (SSSR count). The number of anilines is 2. The molecule has 7 nitrogen and oxygen atoms in total. The van der Waals surface area contributed by atoms with Crippen LogP contribution in [0.2, 0.25) is 0 Å². The molecule has 0 aliphatic rings. The lowest BCUT2D eigenvalue weighted by molar-refractivity contribution is 0.0955. The van der Waals surface area contributed by atoms with Crippen molar-refractivity contribution in [2.45, 2.75) is 6.54 Å². The van der Waals surface area contributed by atoms with E-state index >= 15 is 0 Å². The Morgan fingerprint density at radius 3 is 3.10 bits per heavy atom. The Balaban J connectivity index is 1.92. The normalized spacial score (nSPS) is 10.3. The Labute approximate surface area is 126 Å². The van der Waals surface area contributed by atoms with E-state index in [4.69, 9.17) is 10.5 Å². The number of hydrogen-bond acceptors (Lipinski definition) is 7. The number of pyridine rings is 1. The van der Waals surface area contributed by atoms with Gasteiger partial charge in [0.1, 0.15) is 10.7 Å². The first-order valence-corrected chi connectivity index (χ1v) is 7.18. The van der Waals surface area contributed by atoms with E-state index in [9.17, 15) is 4.79 Å². The van der Waals surface area contributed by atoms with Gasteiger partial charge in [-0.3, -0.25) is 9.78 Å². The van der Waals surface area contributed by atoms with Crippen LogP contribution in [0.4, 0.5) is 10.9 Å². The number of thiazole rings is 1. The van der Waals surface area contributed by atoms with Crippen molar-refractivity contribution in [3.8, 4) is 0 Å². The van der Waals surface area contributed by atoms with Crippen molar-refractivity contribution in [1.82, 2.24) is 15.3 Å². The number of carbonyl (C=O) groups excluding carboxylic acids is 1. The molecule has 2 heterocycles. The van der Waals surface area contributed by atoms with Gasteiger partial charge in [-0.15, -0.1) is 0 Å². The number of rotatable bonds is 7. The topological polar surface area (TPSA) is 102 Å². The van der Waals surface area contributed by atoms with Crippen LogP contribution >= 0.6 is 11.3 Å². The summed E-state index contributed by atoms with van der Waals surface area (Å²) in [4.78, 5) is 20.6. The first-order chi connectivity index (χ1) is 10.2. The smallest absolute Gasteiger partial charge is 0.265 e. The van der Waals surface area contributed by atoms with E-state index in [-0.39, 0.29) is 11.7 Å². The zero-order valence-corrected chi connectivity index (χ0v) is 12.4. The highest BCUT2D eigenvalue weighted by Crippen LogP contribution is 2.24. The number of ether oxygens (including phenoxy) is 1. The zero-order valence-electron chi connectivity index (χ0n) is 11.6. The van der Waals surface area contributed by atoms with E-state index in [1.54, 1.807) is 19.5 Å². The average molecular weight is 307 g/mol. The zero-order chi connectivity index (χ0) is 15.1. The summed E-state index contributed by atoms with van der Waals surface area (Å²) >= 11 is 1.22. The molecule has 0 aromatic carbocycles. The fourth-order valence-electron chi connectivity index (χ4n) is 1.60. The Morgan fingerprint density at radius 2 is 2.38 bits per heavy atom. The van der Waals surface area contributed by atoms with Gasteiger partial charge >= 0.3 is 0 Å². The van der Waals surface area contributed by atoms with E-state index < -0.39 is 0 Å². The van der Waals surface area contributed by atoms with Crippen molar-refractivity contribution in [3.05, 3.63) is 35.0 Å². The molecule has 0 aliphatic carbocycles. The Morgan fingerprint density at radius 1 is 1.52 bits per heavy atom. The van der Waals surface area contributed by atoms with Gasteiger partial charge in [0.25, 0.3) is 5.91 Å². The number of nitrogens with zero attached hydrogens (tertiary/aromatic N) is 2. The molecule has 0 spiro atoms. The second-order valence-corrected chi connectivity index (χ2v) is 5.20. The third kappa shape index (κ3) is 4.40. The molecule has 0 fully saturated rings. The molecule has 8 heteroatoms. The summed E-state index contributed by atoms with van der Waals surface area (Å²) in [5.74, 6) is -0.0164. The molecule has 21 heavy (non-hydrogen) atoms. The van der Waals surface area contributed by atoms with Crippen LogP contribution in [0, 0.1) is 0 Å². The average Bonchev–Trinajstić information content (AvgIpc) is 2.87. The summed E-state index contributed by atoms with van der Waals surface area (Å²) in [5.41, 5.74) is 6.69. The number of hydrogen-bond donors (Lipinski definition) is 3. The van der Waals surface area contributed by atoms with Crippen molar-refractivity contribution in [3.63, 3.8) is 0 Å². The van der Waals surface area contributed by atoms with Crippen LogP contribution in [0.15, 0.2) is 24.5 Å². The van der Waals surface area contributed by atoms with Gasteiger partial charge in [-0.2, -0.15) is 0 Å². The Kier molecular flexibility index (Phi) is 5.47. The molecule has 0 radical (unpaired) electrons. The van der Waals surface area contributed by atoms with Crippen molar-refractivity contribution in [2.24, 2.45) is 0 Å². The van der Waals surface area contributed by atoms with Gasteiger partial charge in [-0.25, -0.2) is 4.98 Å². The van der Waals surface area contributed by atoms with Crippen molar-refractivity contribution < 1.29 is 9.53 Å². The molecule has 0 bridgehead atoms. The number of methoxy groups -OCH3 is 1. The predicted molar refractivity (Wildman–Crippen MR) is 82.3 cm³/mol. The van der Waals surface area contributed by atoms with Gasteiger partial charge in [-0.1, -0.05) is 17.4 Å². The SMILES string of the molecule is COCCNc1nc(N)c(C(=O)NCc2cccnc2)s1. The van der Waals surface area contributed by atoms with Gasteiger partial charge < -0.3 is 21.1 Å². The van der Waals surface area contributed by atoms with E-state index in [1.165, 1.54) is 11.3 Å². The second-order valence-electron chi connectivity index (χ2n) is 4.20. The number of nitrogens with one attached hydrogen (secondary N) is 2. The van der Waals surface area contributed by atoms with Crippen molar-refractivity contribution >= 4 is 28.2 Å². The maximum atomic E-state index is 12.1. The first kappa shape index (κ1) is 15.2. The number of aromatic nitrogens is 2. The minimum absolute atomic E-state index is 0.226. The number of nitrogens with two attached hydrogens (primary N) is 1. The van der Waals surface area contributed by atoms with E-state index in [1.807, 2.05) is 12.1 Å². The lowest BCUT2D eigenvalue weighted by Gasteiger charge is -2.03. The Hall–Kier alpha value is -2.19. The molecular formula is C13H17N5O2S. The third-order valence-corrected chi connectivity index (χ3v) is 3.65. The number of carbonyl (C=O) groups is 1. The molecule has 0 unspecified atom stereocenters. The van der Waals surface area contributed by atoms with Crippen LogP contribution in [0.1, 0.15) is 15.2 Å². The lowest BCUT2D eigenvalue weighted by atomic mass is 10.3. The molecule has 0 aliphatic heterocycles. The van der Waals surface area contributed by atoms with Crippen LogP contribution in [0.5, 0.6) is 0 Å². The maximum absolute atomic E-state index is 12.1. The van der Waals surface area contributed by atoms with Crippen LogP contribution in [0.25, 0.3) is 0 Å². The van der Waals surface area contributed by atoms with Gasteiger partial charge in [0, 0.05) is 32.6 Å². The number of nitrogen functional groups attached to an aromatic ring is 1. The van der Waals surface area contributed by atoms with Crippen molar-refractivity contribution in [2.75, 3.05) is 31.3 Å². The monoisotopic (exact) mass is 307 g/mol. The van der Waals surface area contributed by atoms with Crippen molar-refractivity contribution in [1.29, 1.82) is 0 Å². The lowest BCUT2D eigenvalue weighted by Crippen LogP contribution is -2.22. The van der Waals surface area contributed by atoms with Crippen LogP contribution in [-0.2, 0) is 11.3 Å². The van der Waals surface area contributed by atoms with Gasteiger partial charge in [0.05, 0.1) is 6.61 Å². The highest BCUT2D eigenvalue weighted by Gasteiger charge is 2.15.